The van der Waals surface area contributed by atoms with Crippen LogP contribution in [0.15, 0.2) is 54.6 Å². The highest BCUT2D eigenvalue weighted by Crippen LogP contribution is 2.20. The van der Waals surface area contributed by atoms with Crippen LogP contribution in [0.5, 0.6) is 0 Å². The molecule has 0 aliphatic carbocycles. The van der Waals surface area contributed by atoms with Crippen molar-refractivity contribution in [3.63, 3.8) is 0 Å². The van der Waals surface area contributed by atoms with Crippen molar-refractivity contribution in [2.45, 2.75) is 19.8 Å². The first-order chi connectivity index (χ1) is 12.7. The Morgan fingerprint density at radius 2 is 1.65 bits per heavy atom. The van der Waals surface area contributed by atoms with E-state index < -0.39 is 0 Å². The predicted molar refractivity (Wildman–Crippen MR) is 108 cm³/mol. The van der Waals surface area contributed by atoms with Gasteiger partial charge in [0, 0.05) is 38.4 Å². The van der Waals surface area contributed by atoms with Crippen LogP contribution in [0.25, 0.3) is 0 Å². The maximum Gasteiger partial charge on any atom is 0.234 e. The number of hydrogen-bond acceptors (Lipinski definition) is 3. The number of amides is 1. The Bertz CT molecular complexity index is 694. The number of rotatable bonds is 7. The lowest BCUT2D eigenvalue weighted by Crippen LogP contribution is -2.49. The molecule has 1 heterocycles. The molecule has 0 aromatic heterocycles. The summed E-state index contributed by atoms with van der Waals surface area (Å²) >= 11 is 0. The lowest BCUT2D eigenvalue weighted by atomic mass is 10.1. The minimum absolute atomic E-state index is 0.141. The molecule has 1 N–H and O–H groups in total. The lowest BCUT2D eigenvalue weighted by Gasteiger charge is -2.36. The smallest absolute Gasteiger partial charge is 0.234 e. The summed E-state index contributed by atoms with van der Waals surface area (Å²) in [6, 6.07) is 18.9. The highest BCUT2D eigenvalue weighted by Gasteiger charge is 2.19. The van der Waals surface area contributed by atoms with Gasteiger partial charge in [-0.25, -0.2) is 0 Å². The largest absolute Gasteiger partial charge is 0.369 e. The van der Waals surface area contributed by atoms with Crippen LogP contribution in [0, 0.1) is 6.92 Å². The Kier molecular flexibility index (Phi) is 6.67. The fourth-order valence-corrected chi connectivity index (χ4v) is 3.49. The number of benzene rings is 2. The average Bonchev–Trinajstić information content (AvgIpc) is 2.67. The van der Waals surface area contributed by atoms with Gasteiger partial charge in [0.25, 0.3) is 0 Å². The topological polar surface area (TPSA) is 35.6 Å². The molecule has 1 amide bonds. The number of para-hydroxylation sites is 1. The summed E-state index contributed by atoms with van der Waals surface area (Å²) < 4.78 is 0. The van der Waals surface area contributed by atoms with Crippen molar-refractivity contribution >= 4 is 11.6 Å². The Morgan fingerprint density at radius 1 is 0.962 bits per heavy atom. The lowest BCUT2D eigenvalue weighted by molar-refractivity contribution is -0.122. The second kappa shape index (κ2) is 9.39. The van der Waals surface area contributed by atoms with Crippen molar-refractivity contribution in [2.24, 2.45) is 0 Å². The standard InChI is InChI=1S/C22H29N3O/c1-19-8-5-6-12-21(19)25-16-14-24(15-17-25)18-22(26)23-13-7-11-20-9-3-2-4-10-20/h2-6,8-10,12H,7,11,13-18H2,1H3,(H,23,26). The molecule has 2 aromatic carbocycles. The van der Waals surface area contributed by atoms with Gasteiger partial charge < -0.3 is 10.2 Å². The average molecular weight is 351 g/mol. The number of nitrogens with one attached hydrogen (secondary N) is 1. The van der Waals surface area contributed by atoms with Crippen LogP contribution in [0.3, 0.4) is 0 Å². The Hall–Kier alpha value is -2.33. The summed E-state index contributed by atoms with van der Waals surface area (Å²) in [4.78, 5) is 16.8. The first kappa shape index (κ1) is 18.5. The monoisotopic (exact) mass is 351 g/mol. The van der Waals surface area contributed by atoms with Crippen molar-refractivity contribution in [3.8, 4) is 0 Å². The van der Waals surface area contributed by atoms with E-state index in [1.54, 1.807) is 0 Å². The predicted octanol–water partition coefficient (Wildman–Crippen LogP) is 2.87. The fraction of sp³-hybridized carbons (Fsp3) is 0.409. The van der Waals surface area contributed by atoms with Crippen LogP contribution in [0.1, 0.15) is 17.5 Å². The summed E-state index contributed by atoms with van der Waals surface area (Å²) in [5, 5.41) is 3.06. The van der Waals surface area contributed by atoms with Crippen molar-refractivity contribution in [3.05, 3.63) is 65.7 Å². The molecule has 1 fully saturated rings. The molecular formula is C22H29N3O. The molecule has 0 spiro atoms. The number of hydrogen-bond donors (Lipinski definition) is 1. The van der Waals surface area contributed by atoms with Gasteiger partial charge in [-0.3, -0.25) is 9.69 Å². The second-order valence-corrected chi connectivity index (χ2v) is 6.99. The van der Waals surface area contributed by atoms with Crippen molar-refractivity contribution in [1.82, 2.24) is 10.2 Å². The molecule has 0 saturated carbocycles. The Labute approximate surface area is 156 Å². The number of carbonyl (C=O) groups excluding carboxylic acids is 1. The molecule has 4 nitrogen and oxygen atoms in total. The van der Waals surface area contributed by atoms with E-state index in [0.29, 0.717) is 6.54 Å². The van der Waals surface area contributed by atoms with Gasteiger partial charge in [-0.15, -0.1) is 0 Å². The SMILES string of the molecule is Cc1ccccc1N1CCN(CC(=O)NCCCc2ccccc2)CC1. The highest BCUT2D eigenvalue weighted by molar-refractivity contribution is 5.78. The number of aryl methyl sites for hydroxylation is 2. The third kappa shape index (κ3) is 5.33. The van der Waals surface area contributed by atoms with Crippen LogP contribution in [-0.4, -0.2) is 50.1 Å². The van der Waals surface area contributed by atoms with Gasteiger partial charge in [-0.05, 0) is 37.0 Å². The first-order valence-corrected chi connectivity index (χ1v) is 9.56. The minimum atomic E-state index is 0.141. The highest BCUT2D eigenvalue weighted by atomic mass is 16.2. The van der Waals surface area contributed by atoms with Crippen molar-refractivity contribution in [2.75, 3.05) is 44.2 Å². The summed E-state index contributed by atoms with van der Waals surface area (Å²) in [6.07, 6.45) is 1.99. The molecule has 3 rings (SSSR count). The number of carbonyl (C=O) groups is 1. The van der Waals surface area contributed by atoms with Crippen LogP contribution < -0.4 is 10.2 Å². The van der Waals surface area contributed by atoms with E-state index >= 15 is 0 Å². The molecule has 0 bridgehead atoms. The van der Waals surface area contributed by atoms with Crippen LogP contribution in [-0.2, 0) is 11.2 Å². The summed E-state index contributed by atoms with van der Waals surface area (Å²) in [5.41, 5.74) is 3.96. The van der Waals surface area contributed by atoms with Crippen LogP contribution in [0.2, 0.25) is 0 Å². The zero-order chi connectivity index (χ0) is 18.2. The summed E-state index contributed by atoms with van der Waals surface area (Å²) in [6.45, 7) is 7.24. The molecule has 0 atom stereocenters. The van der Waals surface area contributed by atoms with Gasteiger partial charge in [0.2, 0.25) is 5.91 Å². The van der Waals surface area contributed by atoms with Gasteiger partial charge in [-0.1, -0.05) is 48.5 Å². The van der Waals surface area contributed by atoms with Gasteiger partial charge in [-0.2, -0.15) is 0 Å². The van der Waals surface area contributed by atoms with E-state index in [9.17, 15) is 4.79 Å². The van der Waals surface area contributed by atoms with E-state index in [1.807, 2.05) is 6.07 Å². The quantitative estimate of drug-likeness (QED) is 0.779. The van der Waals surface area contributed by atoms with E-state index in [-0.39, 0.29) is 5.91 Å². The number of anilines is 1. The third-order valence-electron chi connectivity index (χ3n) is 5.00. The molecule has 4 heteroatoms. The molecule has 0 radical (unpaired) electrons. The van der Waals surface area contributed by atoms with Gasteiger partial charge >= 0.3 is 0 Å². The number of piperazine rings is 1. The molecule has 1 aliphatic heterocycles. The molecule has 26 heavy (non-hydrogen) atoms. The normalized spacial score (nSPS) is 15.0. The molecule has 0 unspecified atom stereocenters. The van der Waals surface area contributed by atoms with Crippen molar-refractivity contribution in [1.29, 1.82) is 0 Å². The summed E-state index contributed by atoms with van der Waals surface area (Å²) in [7, 11) is 0. The van der Waals surface area contributed by atoms with Crippen LogP contribution >= 0.6 is 0 Å². The molecule has 1 aliphatic rings. The maximum absolute atomic E-state index is 12.2. The van der Waals surface area contributed by atoms with E-state index in [2.05, 4.69) is 70.6 Å². The minimum Gasteiger partial charge on any atom is -0.369 e. The zero-order valence-electron chi connectivity index (χ0n) is 15.7. The van der Waals surface area contributed by atoms with E-state index in [1.165, 1.54) is 16.8 Å². The molecule has 1 saturated heterocycles. The van der Waals surface area contributed by atoms with Gasteiger partial charge in [0.15, 0.2) is 0 Å². The second-order valence-electron chi connectivity index (χ2n) is 6.99. The molecular weight excluding hydrogens is 322 g/mol. The summed E-state index contributed by atoms with van der Waals surface area (Å²) in [5.74, 6) is 0.141. The van der Waals surface area contributed by atoms with Gasteiger partial charge in [0.1, 0.15) is 0 Å². The Balaban J connectivity index is 1.34. The zero-order valence-corrected chi connectivity index (χ0v) is 15.7. The number of nitrogens with zero attached hydrogens (tertiary/aromatic N) is 2. The van der Waals surface area contributed by atoms with E-state index in [4.69, 9.17) is 0 Å². The van der Waals surface area contributed by atoms with Crippen LogP contribution in [0.4, 0.5) is 5.69 Å². The molecule has 2 aromatic rings. The third-order valence-corrected chi connectivity index (χ3v) is 5.00. The van der Waals surface area contributed by atoms with Crippen molar-refractivity contribution < 1.29 is 4.79 Å². The molecule has 138 valence electrons. The fourth-order valence-electron chi connectivity index (χ4n) is 3.49. The first-order valence-electron chi connectivity index (χ1n) is 9.56. The van der Waals surface area contributed by atoms with Gasteiger partial charge in [0.05, 0.1) is 6.54 Å². The Morgan fingerprint density at radius 3 is 2.38 bits per heavy atom. The van der Waals surface area contributed by atoms with E-state index in [0.717, 1.165) is 45.6 Å². The maximum atomic E-state index is 12.2.